The van der Waals surface area contributed by atoms with E-state index in [-0.39, 0.29) is 18.2 Å². The maximum atomic E-state index is 12.0. The lowest BCUT2D eigenvalue weighted by Crippen LogP contribution is -2.27. The van der Waals surface area contributed by atoms with Crippen molar-refractivity contribution in [2.45, 2.75) is 33.4 Å². The fourth-order valence-electron chi connectivity index (χ4n) is 2.12. The van der Waals surface area contributed by atoms with Crippen LogP contribution in [-0.4, -0.2) is 9.55 Å². The number of hydrogen-bond donors (Lipinski definition) is 0. The second kappa shape index (κ2) is 6.23. The van der Waals surface area contributed by atoms with Gasteiger partial charge in [-0.05, 0) is 39.0 Å². The Morgan fingerprint density at radius 2 is 2.14 bits per heavy atom. The molecule has 5 nitrogen and oxygen atoms in total. The SMILES string of the molecule is Cc1cc(=O)n(C(C)C)c(COc2cccc(C#N)c2)n1. The Bertz CT molecular complexity index is 742. The molecule has 0 spiro atoms. The van der Waals surface area contributed by atoms with Crippen LogP contribution in [0.2, 0.25) is 0 Å². The second-order valence-corrected chi connectivity index (χ2v) is 5.04. The number of nitriles is 1. The van der Waals surface area contributed by atoms with E-state index in [1.165, 1.54) is 6.07 Å². The second-order valence-electron chi connectivity index (χ2n) is 5.04. The summed E-state index contributed by atoms with van der Waals surface area (Å²) in [5, 5.41) is 8.87. The Morgan fingerprint density at radius 3 is 2.81 bits per heavy atom. The Balaban J connectivity index is 2.27. The Morgan fingerprint density at radius 1 is 1.38 bits per heavy atom. The minimum atomic E-state index is -0.0816. The van der Waals surface area contributed by atoms with Crippen molar-refractivity contribution in [1.82, 2.24) is 9.55 Å². The highest BCUT2D eigenvalue weighted by atomic mass is 16.5. The van der Waals surface area contributed by atoms with Crippen LogP contribution in [0, 0.1) is 18.3 Å². The molecule has 108 valence electrons. The Kier molecular flexibility index (Phi) is 4.39. The van der Waals surface area contributed by atoms with Gasteiger partial charge in [0.15, 0.2) is 0 Å². The van der Waals surface area contributed by atoms with E-state index in [4.69, 9.17) is 10.00 Å². The molecule has 1 heterocycles. The lowest BCUT2D eigenvalue weighted by atomic mass is 10.2. The molecule has 1 aromatic heterocycles. The highest BCUT2D eigenvalue weighted by Crippen LogP contribution is 2.15. The van der Waals surface area contributed by atoms with Gasteiger partial charge >= 0.3 is 0 Å². The Labute approximate surface area is 123 Å². The highest BCUT2D eigenvalue weighted by molar-refractivity contribution is 5.36. The van der Waals surface area contributed by atoms with Crippen molar-refractivity contribution >= 4 is 0 Å². The van der Waals surface area contributed by atoms with Crippen molar-refractivity contribution in [2.75, 3.05) is 0 Å². The van der Waals surface area contributed by atoms with E-state index in [2.05, 4.69) is 11.1 Å². The summed E-state index contributed by atoms with van der Waals surface area (Å²) < 4.78 is 7.27. The minimum Gasteiger partial charge on any atom is -0.486 e. The van der Waals surface area contributed by atoms with Gasteiger partial charge in [0, 0.05) is 17.8 Å². The van der Waals surface area contributed by atoms with Gasteiger partial charge in [-0.3, -0.25) is 9.36 Å². The topological polar surface area (TPSA) is 67.9 Å². The van der Waals surface area contributed by atoms with Gasteiger partial charge in [-0.15, -0.1) is 0 Å². The van der Waals surface area contributed by atoms with Gasteiger partial charge in [0.25, 0.3) is 5.56 Å². The summed E-state index contributed by atoms with van der Waals surface area (Å²) in [5.41, 5.74) is 1.12. The first-order chi connectivity index (χ1) is 10.0. The summed E-state index contributed by atoms with van der Waals surface area (Å²) in [6, 6.07) is 10.5. The van der Waals surface area contributed by atoms with Gasteiger partial charge in [0.05, 0.1) is 11.6 Å². The Hall–Kier alpha value is -2.61. The van der Waals surface area contributed by atoms with Crippen LogP contribution in [0.15, 0.2) is 35.1 Å². The van der Waals surface area contributed by atoms with Gasteiger partial charge < -0.3 is 4.74 Å². The minimum absolute atomic E-state index is 0.00893. The van der Waals surface area contributed by atoms with Crippen LogP contribution in [0.3, 0.4) is 0 Å². The molecule has 0 saturated carbocycles. The molecule has 5 heteroatoms. The molecule has 21 heavy (non-hydrogen) atoms. The average molecular weight is 283 g/mol. The third-order valence-corrected chi connectivity index (χ3v) is 3.00. The van der Waals surface area contributed by atoms with Gasteiger partial charge in [0.2, 0.25) is 0 Å². The van der Waals surface area contributed by atoms with Gasteiger partial charge in [-0.2, -0.15) is 5.26 Å². The van der Waals surface area contributed by atoms with Crippen molar-refractivity contribution < 1.29 is 4.74 Å². The van der Waals surface area contributed by atoms with Crippen LogP contribution >= 0.6 is 0 Å². The molecule has 0 saturated heterocycles. The molecule has 0 fully saturated rings. The van der Waals surface area contributed by atoms with Crippen molar-refractivity contribution in [3.05, 3.63) is 57.8 Å². The smallest absolute Gasteiger partial charge is 0.254 e. The molecular weight excluding hydrogens is 266 g/mol. The number of ether oxygens (including phenoxy) is 1. The molecule has 0 amide bonds. The number of benzene rings is 1. The van der Waals surface area contributed by atoms with Crippen molar-refractivity contribution in [1.29, 1.82) is 5.26 Å². The summed E-state index contributed by atoms with van der Waals surface area (Å²) in [6.07, 6.45) is 0. The molecule has 0 radical (unpaired) electrons. The summed E-state index contributed by atoms with van der Waals surface area (Å²) in [4.78, 5) is 16.4. The molecule has 0 aliphatic heterocycles. The van der Waals surface area contributed by atoms with E-state index < -0.39 is 0 Å². The first kappa shape index (κ1) is 14.8. The largest absolute Gasteiger partial charge is 0.486 e. The normalized spacial score (nSPS) is 10.4. The highest BCUT2D eigenvalue weighted by Gasteiger charge is 2.11. The number of rotatable bonds is 4. The van der Waals surface area contributed by atoms with Crippen molar-refractivity contribution in [2.24, 2.45) is 0 Å². The van der Waals surface area contributed by atoms with E-state index in [0.717, 1.165) is 0 Å². The maximum Gasteiger partial charge on any atom is 0.254 e. The van der Waals surface area contributed by atoms with Crippen molar-refractivity contribution in [3.63, 3.8) is 0 Å². The van der Waals surface area contributed by atoms with Crippen LogP contribution in [0.4, 0.5) is 0 Å². The summed E-state index contributed by atoms with van der Waals surface area (Å²) in [7, 11) is 0. The first-order valence-electron chi connectivity index (χ1n) is 6.73. The molecule has 0 N–H and O–H groups in total. The van der Waals surface area contributed by atoms with Crippen LogP contribution in [0.5, 0.6) is 5.75 Å². The molecule has 0 atom stereocenters. The lowest BCUT2D eigenvalue weighted by Gasteiger charge is -2.16. The van der Waals surface area contributed by atoms with Gasteiger partial charge in [-0.1, -0.05) is 6.07 Å². The van der Waals surface area contributed by atoms with Gasteiger partial charge in [0.1, 0.15) is 18.2 Å². The molecule has 0 bridgehead atoms. The summed E-state index contributed by atoms with van der Waals surface area (Å²) in [6.45, 7) is 5.83. The average Bonchev–Trinajstić information content (AvgIpc) is 2.44. The van der Waals surface area contributed by atoms with Crippen LogP contribution < -0.4 is 10.3 Å². The fourth-order valence-corrected chi connectivity index (χ4v) is 2.12. The number of hydrogen-bond acceptors (Lipinski definition) is 4. The lowest BCUT2D eigenvalue weighted by molar-refractivity contribution is 0.281. The maximum absolute atomic E-state index is 12.0. The quantitative estimate of drug-likeness (QED) is 0.865. The summed E-state index contributed by atoms with van der Waals surface area (Å²) >= 11 is 0. The molecule has 0 aliphatic rings. The third-order valence-electron chi connectivity index (χ3n) is 3.00. The van der Waals surface area contributed by atoms with E-state index >= 15 is 0 Å². The third kappa shape index (κ3) is 3.48. The molecule has 2 rings (SSSR count). The van der Waals surface area contributed by atoms with E-state index in [9.17, 15) is 4.79 Å². The predicted octanol–water partition coefficient (Wildman–Crippen LogP) is 2.58. The zero-order chi connectivity index (χ0) is 15.4. The first-order valence-corrected chi connectivity index (χ1v) is 6.73. The molecule has 0 aliphatic carbocycles. The van der Waals surface area contributed by atoms with E-state index in [0.29, 0.717) is 22.8 Å². The fraction of sp³-hybridized carbons (Fsp3) is 0.312. The zero-order valence-corrected chi connectivity index (χ0v) is 12.3. The molecule has 1 aromatic carbocycles. The van der Waals surface area contributed by atoms with Crippen LogP contribution in [0.25, 0.3) is 0 Å². The molecule has 2 aromatic rings. The number of aryl methyl sites for hydroxylation is 1. The predicted molar refractivity (Wildman–Crippen MR) is 79.1 cm³/mol. The zero-order valence-electron chi connectivity index (χ0n) is 12.3. The molecule has 0 unspecified atom stereocenters. The number of nitrogens with zero attached hydrogens (tertiary/aromatic N) is 3. The van der Waals surface area contributed by atoms with Crippen LogP contribution in [0.1, 0.15) is 37.0 Å². The number of aromatic nitrogens is 2. The van der Waals surface area contributed by atoms with Crippen LogP contribution in [-0.2, 0) is 6.61 Å². The van der Waals surface area contributed by atoms with Gasteiger partial charge in [-0.25, -0.2) is 4.98 Å². The molecular formula is C16H17N3O2. The monoisotopic (exact) mass is 283 g/mol. The van der Waals surface area contributed by atoms with Crippen molar-refractivity contribution in [3.8, 4) is 11.8 Å². The standard InChI is InChI=1S/C16H17N3O2/c1-11(2)19-15(18-12(3)7-16(19)20)10-21-14-6-4-5-13(8-14)9-17/h4-8,11H,10H2,1-3H3. The van der Waals surface area contributed by atoms with E-state index in [1.54, 1.807) is 35.8 Å². The summed E-state index contributed by atoms with van der Waals surface area (Å²) in [5.74, 6) is 1.16. The van der Waals surface area contributed by atoms with E-state index in [1.807, 2.05) is 13.8 Å².